The van der Waals surface area contributed by atoms with E-state index in [0.29, 0.717) is 23.6 Å². The van der Waals surface area contributed by atoms with Gasteiger partial charge in [-0.3, -0.25) is 0 Å². The maximum Gasteiger partial charge on any atom is 0.240 e. The van der Waals surface area contributed by atoms with Crippen molar-refractivity contribution >= 4 is 10.0 Å². The van der Waals surface area contributed by atoms with Crippen LogP contribution in [-0.2, 0) is 16.6 Å². The first-order valence-corrected chi connectivity index (χ1v) is 7.78. The van der Waals surface area contributed by atoms with Gasteiger partial charge in [-0.1, -0.05) is 13.8 Å². The molecule has 1 aromatic carbocycles. The molecular formula is C13H22N2O4S. The van der Waals surface area contributed by atoms with E-state index in [1.54, 1.807) is 0 Å². The summed E-state index contributed by atoms with van der Waals surface area (Å²) in [6.45, 7) is 4.40. The first-order valence-electron chi connectivity index (χ1n) is 6.30. The fraction of sp³-hybridized carbons (Fsp3) is 0.538. The zero-order valence-electron chi connectivity index (χ0n) is 12.3. The summed E-state index contributed by atoms with van der Waals surface area (Å²) >= 11 is 0. The Labute approximate surface area is 120 Å². The third-order valence-electron chi connectivity index (χ3n) is 2.74. The van der Waals surface area contributed by atoms with E-state index in [9.17, 15) is 8.42 Å². The maximum absolute atomic E-state index is 12.2. The maximum atomic E-state index is 12.2. The van der Waals surface area contributed by atoms with Crippen molar-refractivity contribution in [2.75, 3.05) is 20.8 Å². The average molecular weight is 302 g/mol. The van der Waals surface area contributed by atoms with E-state index >= 15 is 0 Å². The third-order valence-corrected chi connectivity index (χ3v) is 4.14. The molecule has 0 heterocycles. The normalized spacial score (nSPS) is 11.7. The van der Waals surface area contributed by atoms with Crippen LogP contribution >= 0.6 is 0 Å². The van der Waals surface area contributed by atoms with Gasteiger partial charge in [-0.25, -0.2) is 13.1 Å². The molecule has 0 atom stereocenters. The number of methoxy groups -OCH3 is 2. The van der Waals surface area contributed by atoms with Gasteiger partial charge in [0.1, 0.15) is 0 Å². The Bertz CT molecular complexity index is 530. The lowest BCUT2D eigenvalue weighted by molar-refractivity contribution is 0.350. The average Bonchev–Trinajstić information content (AvgIpc) is 2.43. The van der Waals surface area contributed by atoms with Crippen LogP contribution in [-0.4, -0.2) is 29.2 Å². The Kier molecular flexibility index (Phi) is 5.79. The van der Waals surface area contributed by atoms with E-state index in [4.69, 9.17) is 15.2 Å². The fourth-order valence-electron chi connectivity index (χ4n) is 1.68. The minimum atomic E-state index is -3.59. The molecule has 20 heavy (non-hydrogen) atoms. The minimum Gasteiger partial charge on any atom is -0.493 e. The van der Waals surface area contributed by atoms with Crippen LogP contribution < -0.4 is 19.9 Å². The second-order valence-electron chi connectivity index (χ2n) is 4.77. The second-order valence-corrected chi connectivity index (χ2v) is 6.53. The quantitative estimate of drug-likeness (QED) is 0.787. The number of nitrogens with one attached hydrogen (secondary N) is 1. The highest BCUT2D eigenvalue weighted by atomic mass is 32.2. The fourth-order valence-corrected chi connectivity index (χ4v) is 2.96. The standard InChI is InChI=1S/C13H22N2O4S/c1-9(2)8-15-20(16,17)11-5-10(7-14)13(19-4)12(6-11)18-3/h5-6,9,15H,7-8,14H2,1-4H3. The van der Waals surface area contributed by atoms with Gasteiger partial charge in [-0.2, -0.15) is 0 Å². The van der Waals surface area contributed by atoms with E-state index < -0.39 is 10.0 Å². The van der Waals surface area contributed by atoms with Crippen LogP contribution in [0.4, 0.5) is 0 Å². The molecule has 0 radical (unpaired) electrons. The Morgan fingerprint density at radius 1 is 1.25 bits per heavy atom. The van der Waals surface area contributed by atoms with E-state index in [1.807, 2.05) is 13.8 Å². The van der Waals surface area contributed by atoms with Gasteiger partial charge in [0.15, 0.2) is 11.5 Å². The van der Waals surface area contributed by atoms with E-state index in [1.165, 1.54) is 26.4 Å². The first kappa shape index (κ1) is 16.7. The van der Waals surface area contributed by atoms with Gasteiger partial charge in [0.25, 0.3) is 0 Å². The lowest BCUT2D eigenvalue weighted by Gasteiger charge is -2.15. The highest BCUT2D eigenvalue weighted by Gasteiger charge is 2.20. The second kappa shape index (κ2) is 6.92. The van der Waals surface area contributed by atoms with Crippen molar-refractivity contribution in [2.24, 2.45) is 11.7 Å². The Hall–Kier alpha value is -1.31. The molecule has 1 aromatic rings. The largest absolute Gasteiger partial charge is 0.493 e. The van der Waals surface area contributed by atoms with Crippen LogP contribution in [0.2, 0.25) is 0 Å². The summed E-state index contributed by atoms with van der Waals surface area (Å²) in [5.74, 6) is 1.03. The molecule has 0 spiro atoms. The molecule has 1 rings (SSSR count). The zero-order valence-corrected chi connectivity index (χ0v) is 13.1. The zero-order chi connectivity index (χ0) is 15.3. The highest BCUT2D eigenvalue weighted by molar-refractivity contribution is 7.89. The molecular weight excluding hydrogens is 280 g/mol. The Balaban J connectivity index is 3.25. The molecule has 0 unspecified atom stereocenters. The lowest BCUT2D eigenvalue weighted by atomic mass is 10.2. The summed E-state index contributed by atoms with van der Waals surface area (Å²) in [6.07, 6.45) is 0. The molecule has 0 amide bonds. The summed E-state index contributed by atoms with van der Waals surface area (Å²) in [5, 5.41) is 0. The van der Waals surface area contributed by atoms with E-state index in [2.05, 4.69) is 4.72 Å². The van der Waals surface area contributed by atoms with Gasteiger partial charge in [0.2, 0.25) is 10.0 Å². The van der Waals surface area contributed by atoms with Gasteiger partial charge in [-0.05, 0) is 12.0 Å². The van der Waals surface area contributed by atoms with Crippen molar-refractivity contribution in [3.63, 3.8) is 0 Å². The molecule has 3 N–H and O–H groups in total. The topological polar surface area (TPSA) is 90.7 Å². The number of hydrogen-bond donors (Lipinski definition) is 2. The van der Waals surface area contributed by atoms with Crippen LogP contribution in [0.1, 0.15) is 19.4 Å². The summed E-state index contributed by atoms with van der Waals surface area (Å²) in [6, 6.07) is 2.94. The van der Waals surface area contributed by atoms with Gasteiger partial charge in [0, 0.05) is 24.7 Å². The minimum absolute atomic E-state index is 0.122. The molecule has 0 aliphatic rings. The van der Waals surface area contributed by atoms with Crippen molar-refractivity contribution in [1.82, 2.24) is 4.72 Å². The lowest BCUT2D eigenvalue weighted by Crippen LogP contribution is -2.27. The molecule has 0 saturated heterocycles. The molecule has 0 bridgehead atoms. The van der Waals surface area contributed by atoms with Crippen LogP contribution in [0.15, 0.2) is 17.0 Å². The number of ether oxygens (including phenoxy) is 2. The molecule has 6 nitrogen and oxygen atoms in total. The summed E-state index contributed by atoms with van der Waals surface area (Å²) in [5.41, 5.74) is 6.21. The highest BCUT2D eigenvalue weighted by Crippen LogP contribution is 2.33. The smallest absolute Gasteiger partial charge is 0.240 e. The molecule has 0 aromatic heterocycles. The van der Waals surface area contributed by atoms with Gasteiger partial charge < -0.3 is 15.2 Å². The molecule has 7 heteroatoms. The molecule has 0 aliphatic heterocycles. The Morgan fingerprint density at radius 3 is 2.35 bits per heavy atom. The van der Waals surface area contributed by atoms with E-state index in [-0.39, 0.29) is 17.4 Å². The van der Waals surface area contributed by atoms with Crippen molar-refractivity contribution in [2.45, 2.75) is 25.3 Å². The van der Waals surface area contributed by atoms with Gasteiger partial charge in [-0.15, -0.1) is 0 Å². The monoisotopic (exact) mass is 302 g/mol. The third kappa shape index (κ3) is 3.84. The van der Waals surface area contributed by atoms with Crippen LogP contribution in [0.5, 0.6) is 11.5 Å². The van der Waals surface area contributed by atoms with Crippen molar-refractivity contribution in [3.8, 4) is 11.5 Å². The predicted molar refractivity (Wildman–Crippen MR) is 77.5 cm³/mol. The van der Waals surface area contributed by atoms with Crippen molar-refractivity contribution in [3.05, 3.63) is 17.7 Å². The number of nitrogens with two attached hydrogens (primary N) is 1. The van der Waals surface area contributed by atoms with Gasteiger partial charge in [0.05, 0.1) is 19.1 Å². The van der Waals surface area contributed by atoms with Crippen molar-refractivity contribution in [1.29, 1.82) is 0 Å². The van der Waals surface area contributed by atoms with Gasteiger partial charge >= 0.3 is 0 Å². The Morgan fingerprint density at radius 2 is 1.90 bits per heavy atom. The van der Waals surface area contributed by atoms with E-state index in [0.717, 1.165) is 0 Å². The molecule has 114 valence electrons. The van der Waals surface area contributed by atoms with Crippen LogP contribution in [0.3, 0.4) is 0 Å². The first-order chi connectivity index (χ1) is 9.35. The summed E-state index contributed by atoms with van der Waals surface area (Å²) in [7, 11) is -0.644. The number of hydrogen-bond acceptors (Lipinski definition) is 5. The number of benzene rings is 1. The van der Waals surface area contributed by atoms with Crippen LogP contribution in [0, 0.1) is 5.92 Å². The van der Waals surface area contributed by atoms with Crippen molar-refractivity contribution < 1.29 is 17.9 Å². The number of rotatable bonds is 7. The van der Waals surface area contributed by atoms with Crippen LogP contribution in [0.25, 0.3) is 0 Å². The summed E-state index contributed by atoms with van der Waals surface area (Å²) < 4.78 is 37.4. The molecule has 0 fully saturated rings. The predicted octanol–water partition coefficient (Wildman–Crippen LogP) is 1.10. The number of sulfonamides is 1. The molecule has 0 aliphatic carbocycles. The SMILES string of the molecule is COc1cc(S(=O)(=O)NCC(C)C)cc(CN)c1OC. The summed E-state index contributed by atoms with van der Waals surface area (Å²) in [4.78, 5) is 0.122. The molecule has 0 saturated carbocycles.